The first-order valence-electron chi connectivity index (χ1n) is 12.9. The van der Waals surface area contributed by atoms with Crippen molar-refractivity contribution >= 4 is 50.7 Å². The Kier molecular flexibility index (Phi) is 10.9. The van der Waals surface area contributed by atoms with Gasteiger partial charge >= 0.3 is 6.18 Å². The molecule has 0 spiro atoms. The molecule has 3 aromatic rings. The van der Waals surface area contributed by atoms with Crippen molar-refractivity contribution < 1.29 is 31.2 Å². The van der Waals surface area contributed by atoms with Crippen molar-refractivity contribution in [3.63, 3.8) is 0 Å². The molecular formula is C29H30Cl2F3N3O4S. The minimum absolute atomic E-state index is 0.118. The van der Waals surface area contributed by atoms with Gasteiger partial charge < -0.3 is 10.2 Å². The van der Waals surface area contributed by atoms with Crippen LogP contribution in [0.15, 0.2) is 77.7 Å². The van der Waals surface area contributed by atoms with Crippen LogP contribution < -0.4 is 9.62 Å². The van der Waals surface area contributed by atoms with Crippen LogP contribution in [0.25, 0.3) is 0 Å². The monoisotopic (exact) mass is 643 g/mol. The van der Waals surface area contributed by atoms with Crippen LogP contribution in [0.1, 0.15) is 31.9 Å². The molecule has 13 heteroatoms. The second kappa shape index (κ2) is 13.8. The summed E-state index contributed by atoms with van der Waals surface area (Å²) in [4.78, 5) is 27.8. The van der Waals surface area contributed by atoms with Gasteiger partial charge in [-0.2, -0.15) is 13.2 Å². The third kappa shape index (κ3) is 8.39. The van der Waals surface area contributed by atoms with Gasteiger partial charge in [-0.25, -0.2) is 8.42 Å². The summed E-state index contributed by atoms with van der Waals surface area (Å²) in [6, 6.07) is 14.6. The SMILES string of the molecule is CC(C)CNC(=O)[C@@H](C)N(Cc1cccc(Cl)c1)C(=O)CN(c1cc(C(F)(F)F)ccc1Cl)S(=O)(=O)c1ccccc1. The first-order valence-corrected chi connectivity index (χ1v) is 15.1. The molecule has 42 heavy (non-hydrogen) atoms. The Bertz CT molecular complexity index is 1520. The zero-order valence-corrected chi connectivity index (χ0v) is 25.4. The molecule has 0 aliphatic carbocycles. The molecule has 226 valence electrons. The van der Waals surface area contributed by atoms with E-state index in [1.807, 2.05) is 13.8 Å². The molecule has 0 saturated carbocycles. The fourth-order valence-corrected chi connectivity index (χ4v) is 5.91. The smallest absolute Gasteiger partial charge is 0.354 e. The highest BCUT2D eigenvalue weighted by molar-refractivity contribution is 7.92. The number of amides is 2. The van der Waals surface area contributed by atoms with Crippen LogP contribution in [0, 0.1) is 5.92 Å². The molecule has 0 saturated heterocycles. The maximum absolute atomic E-state index is 13.9. The zero-order chi connectivity index (χ0) is 31.2. The predicted molar refractivity (Wildman–Crippen MR) is 157 cm³/mol. The topological polar surface area (TPSA) is 86.8 Å². The highest BCUT2D eigenvalue weighted by atomic mass is 35.5. The van der Waals surface area contributed by atoms with Crippen molar-refractivity contribution in [2.24, 2.45) is 5.92 Å². The van der Waals surface area contributed by atoms with Gasteiger partial charge in [0.25, 0.3) is 10.0 Å². The summed E-state index contributed by atoms with van der Waals surface area (Å²) in [6.45, 7) is 4.52. The summed E-state index contributed by atoms with van der Waals surface area (Å²) >= 11 is 12.4. The molecule has 0 bridgehead atoms. The Morgan fingerprint density at radius 1 is 0.929 bits per heavy atom. The number of hydrogen-bond donors (Lipinski definition) is 1. The third-order valence-electron chi connectivity index (χ3n) is 6.25. The van der Waals surface area contributed by atoms with E-state index in [0.29, 0.717) is 33.6 Å². The number of halogens is 5. The fraction of sp³-hybridized carbons (Fsp3) is 0.310. The number of sulfonamides is 1. The number of carbonyl (C=O) groups is 2. The van der Waals surface area contributed by atoms with Gasteiger partial charge in [0.05, 0.1) is 21.2 Å². The van der Waals surface area contributed by atoms with Gasteiger partial charge in [0, 0.05) is 18.1 Å². The molecule has 7 nitrogen and oxygen atoms in total. The van der Waals surface area contributed by atoms with Gasteiger partial charge in [-0.15, -0.1) is 0 Å². The lowest BCUT2D eigenvalue weighted by Crippen LogP contribution is -2.51. The van der Waals surface area contributed by atoms with Crippen LogP contribution in [0.5, 0.6) is 0 Å². The Hall–Kier alpha value is -3.28. The van der Waals surface area contributed by atoms with Crippen LogP contribution in [0.3, 0.4) is 0 Å². The number of nitrogens with one attached hydrogen (secondary N) is 1. The van der Waals surface area contributed by atoms with Gasteiger partial charge in [-0.3, -0.25) is 13.9 Å². The van der Waals surface area contributed by atoms with Gasteiger partial charge in [-0.1, -0.05) is 67.4 Å². The Morgan fingerprint density at radius 2 is 1.60 bits per heavy atom. The lowest BCUT2D eigenvalue weighted by atomic mass is 10.1. The largest absolute Gasteiger partial charge is 0.416 e. The van der Waals surface area contributed by atoms with E-state index >= 15 is 0 Å². The van der Waals surface area contributed by atoms with E-state index in [0.717, 1.165) is 11.0 Å². The van der Waals surface area contributed by atoms with E-state index in [1.54, 1.807) is 30.3 Å². The fourth-order valence-electron chi connectivity index (χ4n) is 3.98. The van der Waals surface area contributed by atoms with Crippen molar-refractivity contribution in [3.05, 3.63) is 94.0 Å². The van der Waals surface area contributed by atoms with E-state index in [9.17, 15) is 31.2 Å². The molecule has 0 unspecified atom stereocenters. The van der Waals surface area contributed by atoms with E-state index in [1.165, 1.54) is 31.2 Å². The van der Waals surface area contributed by atoms with Crippen molar-refractivity contribution in [1.82, 2.24) is 10.2 Å². The molecule has 2 amide bonds. The summed E-state index contributed by atoms with van der Waals surface area (Å²) < 4.78 is 69.0. The molecule has 0 heterocycles. The molecule has 0 aliphatic rings. The zero-order valence-electron chi connectivity index (χ0n) is 23.0. The van der Waals surface area contributed by atoms with E-state index < -0.39 is 51.9 Å². The summed E-state index contributed by atoms with van der Waals surface area (Å²) in [5.74, 6) is -1.23. The first-order chi connectivity index (χ1) is 19.6. The molecule has 3 rings (SSSR count). The highest BCUT2D eigenvalue weighted by Crippen LogP contribution is 2.37. The Labute approximate surface area is 253 Å². The van der Waals surface area contributed by atoms with E-state index in [-0.39, 0.29) is 22.4 Å². The highest BCUT2D eigenvalue weighted by Gasteiger charge is 2.36. The summed E-state index contributed by atoms with van der Waals surface area (Å²) in [5, 5.41) is 2.81. The van der Waals surface area contributed by atoms with E-state index in [4.69, 9.17) is 23.2 Å². The predicted octanol–water partition coefficient (Wildman–Crippen LogP) is 6.40. The minimum Gasteiger partial charge on any atom is -0.354 e. The van der Waals surface area contributed by atoms with Crippen LogP contribution in [0.4, 0.5) is 18.9 Å². The summed E-state index contributed by atoms with van der Waals surface area (Å²) in [5.41, 5.74) is -1.14. The van der Waals surface area contributed by atoms with Crippen LogP contribution in [-0.2, 0) is 32.3 Å². The number of rotatable bonds is 11. The van der Waals surface area contributed by atoms with Gasteiger partial charge in [0.15, 0.2) is 0 Å². The van der Waals surface area contributed by atoms with Crippen molar-refractivity contribution in [1.29, 1.82) is 0 Å². The number of benzene rings is 3. The molecule has 0 radical (unpaired) electrons. The molecule has 3 aromatic carbocycles. The summed E-state index contributed by atoms with van der Waals surface area (Å²) in [6.07, 6.45) is -4.81. The van der Waals surface area contributed by atoms with Crippen molar-refractivity contribution in [2.75, 3.05) is 17.4 Å². The maximum atomic E-state index is 13.9. The third-order valence-corrected chi connectivity index (χ3v) is 8.57. The van der Waals surface area contributed by atoms with Gasteiger partial charge in [0.2, 0.25) is 11.8 Å². The minimum atomic E-state index is -4.81. The molecule has 0 aromatic heterocycles. The maximum Gasteiger partial charge on any atom is 0.416 e. The summed E-state index contributed by atoms with van der Waals surface area (Å²) in [7, 11) is -4.60. The lowest BCUT2D eigenvalue weighted by molar-refractivity contribution is -0.139. The normalized spacial score (nSPS) is 12.6. The van der Waals surface area contributed by atoms with Crippen LogP contribution >= 0.6 is 23.2 Å². The van der Waals surface area contributed by atoms with Crippen molar-refractivity contribution in [3.8, 4) is 0 Å². The number of alkyl halides is 3. The number of anilines is 1. The molecular weight excluding hydrogens is 614 g/mol. The second-order valence-corrected chi connectivity index (χ2v) is 12.7. The molecule has 1 N–H and O–H groups in total. The van der Waals surface area contributed by atoms with Crippen molar-refractivity contribution in [2.45, 2.75) is 44.4 Å². The number of carbonyl (C=O) groups excluding carboxylic acids is 2. The van der Waals surface area contributed by atoms with Crippen LogP contribution in [0.2, 0.25) is 10.0 Å². The number of hydrogen-bond acceptors (Lipinski definition) is 4. The van der Waals surface area contributed by atoms with Crippen LogP contribution in [-0.4, -0.2) is 44.3 Å². The Balaban J connectivity index is 2.11. The lowest BCUT2D eigenvalue weighted by Gasteiger charge is -2.32. The first kappa shape index (κ1) is 33.2. The average Bonchev–Trinajstić information content (AvgIpc) is 2.93. The molecule has 0 aliphatic heterocycles. The Morgan fingerprint density at radius 3 is 2.19 bits per heavy atom. The van der Waals surface area contributed by atoms with Gasteiger partial charge in [-0.05, 0) is 60.9 Å². The second-order valence-electron chi connectivity index (χ2n) is 9.96. The molecule has 1 atom stereocenters. The standard InChI is InChI=1S/C29H30Cl2F3N3O4S/c1-19(2)16-35-28(39)20(3)36(17-21-8-7-9-23(30)14-21)27(38)18-37(42(40,41)24-10-5-4-6-11-24)26-15-22(29(32,33)34)12-13-25(26)31/h4-15,19-20H,16-18H2,1-3H3,(H,35,39)/t20-/m1/s1. The quantitative estimate of drug-likeness (QED) is 0.262. The molecule has 0 fully saturated rings. The van der Waals surface area contributed by atoms with Gasteiger partial charge in [0.1, 0.15) is 12.6 Å². The van der Waals surface area contributed by atoms with E-state index in [2.05, 4.69) is 5.32 Å². The average molecular weight is 645 g/mol. The number of nitrogens with zero attached hydrogens (tertiary/aromatic N) is 2.